The molecule has 18 heavy (non-hydrogen) atoms. The number of nitrogens with one attached hydrogen (secondary N) is 1. The number of likely N-dealkylation sites (tertiary alicyclic amines) is 1. The minimum absolute atomic E-state index is 0.368. The molecule has 1 fully saturated rings. The zero-order valence-electron chi connectivity index (χ0n) is 10.3. The van der Waals surface area contributed by atoms with Crippen molar-refractivity contribution in [3.63, 3.8) is 0 Å². The monoisotopic (exact) mass is 249 g/mol. The van der Waals surface area contributed by atoms with Gasteiger partial charge in [-0.25, -0.2) is 4.79 Å². The van der Waals surface area contributed by atoms with Crippen LogP contribution in [0.5, 0.6) is 0 Å². The molecule has 1 aromatic rings. The van der Waals surface area contributed by atoms with Gasteiger partial charge in [-0.1, -0.05) is 17.7 Å². The van der Waals surface area contributed by atoms with Crippen LogP contribution in [-0.4, -0.2) is 34.8 Å². The Hall–Kier alpha value is -1.88. The van der Waals surface area contributed by atoms with E-state index in [1.54, 1.807) is 12.1 Å². The van der Waals surface area contributed by atoms with E-state index < -0.39 is 16.6 Å². The summed E-state index contributed by atoms with van der Waals surface area (Å²) in [5.41, 5.74) is 1.73. The fourth-order valence-electron chi connectivity index (χ4n) is 2.22. The molecular formula is C13H17N2O3+. The summed E-state index contributed by atoms with van der Waals surface area (Å²) in [6.07, 6.45) is 0.471. The fourth-order valence-corrected chi connectivity index (χ4v) is 2.22. The molecule has 96 valence electrons. The maximum atomic E-state index is 12.1. The van der Waals surface area contributed by atoms with Crippen LogP contribution in [0.15, 0.2) is 24.3 Å². The molecule has 0 atom stereocenters. The van der Waals surface area contributed by atoms with Crippen molar-refractivity contribution in [3.05, 3.63) is 29.8 Å². The van der Waals surface area contributed by atoms with Crippen LogP contribution in [0, 0.1) is 6.92 Å². The highest BCUT2D eigenvalue weighted by Gasteiger charge is 2.48. The average molecular weight is 249 g/mol. The first-order valence-electron chi connectivity index (χ1n) is 6.03. The number of hydrogen-bond acceptors (Lipinski definition) is 2. The third kappa shape index (κ3) is 2.22. The summed E-state index contributed by atoms with van der Waals surface area (Å²) < 4.78 is -0.506. The Morgan fingerprint density at radius 3 is 2.22 bits per heavy atom. The molecular weight excluding hydrogens is 232 g/mol. The van der Waals surface area contributed by atoms with Crippen LogP contribution in [0.25, 0.3) is 0 Å². The lowest BCUT2D eigenvalue weighted by Crippen LogP contribution is -2.56. The number of benzene rings is 1. The van der Waals surface area contributed by atoms with Crippen molar-refractivity contribution >= 4 is 17.8 Å². The predicted molar refractivity (Wildman–Crippen MR) is 67.5 cm³/mol. The molecule has 0 unspecified atom stereocenters. The van der Waals surface area contributed by atoms with Crippen LogP contribution in [0.2, 0.25) is 0 Å². The van der Waals surface area contributed by atoms with Crippen molar-refractivity contribution in [1.29, 1.82) is 0 Å². The fraction of sp³-hybridized carbons (Fsp3) is 0.385. The lowest BCUT2D eigenvalue weighted by atomic mass is 10.2. The molecule has 0 saturated carbocycles. The summed E-state index contributed by atoms with van der Waals surface area (Å²) >= 11 is 0. The maximum absolute atomic E-state index is 12.1. The molecule has 1 aliphatic heterocycles. The number of carbonyl (C=O) groups excluding carboxylic acids is 1. The van der Waals surface area contributed by atoms with Gasteiger partial charge in [0.05, 0.1) is 13.1 Å². The van der Waals surface area contributed by atoms with Gasteiger partial charge in [-0.2, -0.15) is 4.79 Å². The maximum Gasteiger partial charge on any atom is 0.522 e. The topological polar surface area (TPSA) is 66.4 Å². The molecule has 1 aliphatic rings. The van der Waals surface area contributed by atoms with Crippen molar-refractivity contribution in [2.75, 3.05) is 18.4 Å². The molecule has 0 aliphatic carbocycles. The third-order valence-electron chi connectivity index (χ3n) is 3.39. The Labute approximate surface area is 106 Å². The Kier molecular flexibility index (Phi) is 3.34. The minimum Gasteiger partial charge on any atom is -0.435 e. The molecule has 5 heteroatoms. The molecule has 2 rings (SSSR count). The van der Waals surface area contributed by atoms with E-state index in [9.17, 15) is 14.7 Å². The predicted octanol–water partition coefficient (Wildman–Crippen LogP) is 2.82. The second-order valence-electron chi connectivity index (χ2n) is 4.70. The van der Waals surface area contributed by atoms with E-state index >= 15 is 0 Å². The zero-order valence-corrected chi connectivity index (χ0v) is 10.3. The van der Waals surface area contributed by atoms with Gasteiger partial charge in [-0.15, -0.1) is 4.48 Å². The highest BCUT2D eigenvalue weighted by molar-refractivity contribution is 5.90. The summed E-state index contributed by atoms with van der Waals surface area (Å²) in [6.45, 7) is 2.69. The number of hydrogen-bond donors (Lipinski definition) is 2. The molecule has 1 aromatic carbocycles. The molecule has 1 heterocycles. The number of rotatable bonds is 1. The molecule has 1 saturated heterocycles. The molecule has 0 aromatic heterocycles. The molecule has 0 spiro atoms. The van der Waals surface area contributed by atoms with Gasteiger partial charge < -0.3 is 5.11 Å². The quantitative estimate of drug-likeness (QED) is 0.752. The second kappa shape index (κ2) is 4.78. The van der Waals surface area contributed by atoms with E-state index in [-0.39, 0.29) is 0 Å². The van der Waals surface area contributed by atoms with Gasteiger partial charge in [0, 0.05) is 18.5 Å². The number of anilines is 1. The van der Waals surface area contributed by atoms with Crippen LogP contribution in [-0.2, 0) is 0 Å². The summed E-state index contributed by atoms with van der Waals surface area (Å²) in [5, 5.41) is 12.0. The first-order valence-corrected chi connectivity index (χ1v) is 6.03. The smallest absolute Gasteiger partial charge is 0.435 e. The van der Waals surface area contributed by atoms with Gasteiger partial charge in [0.25, 0.3) is 0 Å². The number of aryl methyl sites for hydroxylation is 1. The van der Waals surface area contributed by atoms with Gasteiger partial charge in [0.2, 0.25) is 0 Å². The van der Waals surface area contributed by atoms with E-state index in [0.29, 0.717) is 18.8 Å². The summed E-state index contributed by atoms with van der Waals surface area (Å²) in [4.78, 5) is 23.5. The van der Waals surface area contributed by atoms with Gasteiger partial charge in [0.15, 0.2) is 0 Å². The first-order chi connectivity index (χ1) is 8.54. The lowest BCUT2D eigenvalue weighted by molar-refractivity contribution is -0.759. The van der Waals surface area contributed by atoms with E-state index in [1.807, 2.05) is 19.1 Å². The Bertz CT molecular complexity index is 462. The molecule has 5 nitrogen and oxygen atoms in total. The number of nitrogens with zero attached hydrogens (tertiary/aromatic N) is 1. The van der Waals surface area contributed by atoms with E-state index in [4.69, 9.17) is 0 Å². The summed E-state index contributed by atoms with van der Waals surface area (Å²) in [7, 11) is 0. The molecule has 0 bridgehead atoms. The second-order valence-corrected chi connectivity index (χ2v) is 4.70. The van der Waals surface area contributed by atoms with Gasteiger partial charge in [0.1, 0.15) is 0 Å². The highest BCUT2D eigenvalue weighted by Crippen LogP contribution is 2.22. The number of amides is 3. The zero-order chi connectivity index (χ0) is 13.2. The Morgan fingerprint density at radius 2 is 1.72 bits per heavy atom. The van der Waals surface area contributed by atoms with Crippen LogP contribution < -0.4 is 5.32 Å². The number of urea groups is 1. The van der Waals surface area contributed by atoms with Crippen molar-refractivity contribution in [3.8, 4) is 0 Å². The van der Waals surface area contributed by atoms with Gasteiger partial charge in [-0.3, -0.25) is 5.32 Å². The SMILES string of the molecule is Cc1ccc(NC(=O)[N+]2(C(=O)O)CCCC2)cc1. The van der Waals surface area contributed by atoms with Crippen molar-refractivity contribution < 1.29 is 19.2 Å². The van der Waals surface area contributed by atoms with E-state index in [0.717, 1.165) is 18.4 Å². The summed E-state index contributed by atoms with van der Waals surface area (Å²) in [6, 6.07) is 6.86. The minimum atomic E-state index is -1.07. The lowest BCUT2D eigenvalue weighted by Gasteiger charge is -2.24. The number of carboxylic acid groups (broad SMARTS) is 1. The largest absolute Gasteiger partial charge is 0.522 e. The van der Waals surface area contributed by atoms with Gasteiger partial charge >= 0.3 is 12.1 Å². The van der Waals surface area contributed by atoms with E-state index in [1.165, 1.54) is 0 Å². The van der Waals surface area contributed by atoms with Gasteiger partial charge in [-0.05, 0) is 19.1 Å². The van der Waals surface area contributed by atoms with Crippen LogP contribution in [0.1, 0.15) is 18.4 Å². The first kappa shape index (κ1) is 12.6. The van der Waals surface area contributed by atoms with Crippen LogP contribution in [0.4, 0.5) is 15.3 Å². The van der Waals surface area contributed by atoms with E-state index in [2.05, 4.69) is 5.32 Å². The van der Waals surface area contributed by atoms with Crippen LogP contribution >= 0.6 is 0 Å². The molecule has 2 N–H and O–H groups in total. The van der Waals surface area contributed by atoms with Crippen molar-refractivity contribution in [2.45, 2.75) is 19.8 Å². The van der Waals surface area contributed by atoms with Crippen molar-refractivity contribution in [2.24, 2.45) is 0 Å². The molecule has 0 radical (unpaired) electrons. The number of imide groups is 1. The molecule has 3 amide bonds. The highest BCUT2D eigenvalue weighted by atomic mass is 16.4. The number of quaternary nitrogens is 1. The Morgan fingerprint density at radius 1 is 1.17 bits per heavy atom. The number of carbonyl (C=O) groups is 2. The summed E-state index contributed by atoms with van der Waals surface area (Å²) in [5.74, 6) is 0. The third-order valence-corrected chi connectivity index (χ3v) is 3.39. The normalized spacial score (nSPS) is 17.4. The average Bonchev–Trinajstić information content (AvgIpc) is 2.82. The van der Waals surface area contributed by atoms with Crippen molar-refractivity contribution in [1.82, 2.24) is 0 Å². The standard InChI is InChI=1S/C13H16N2O3/c1-10-4-6-11(7-5-10)14-12(16)15(13(17)18)8-2-3-9-15/h4-7H,2-3,8-9H2,1H3,(H-,14,16,17,18)/p+1. The Balaban J connectivity index is 2.15. The van der Waals surface area contributed by atoms with Crippen LogP contribution in [0.3, 0.4) is 0 Å².